The second-order valence-electron chi connectivity index (χ2n) is 7.00. The van der Waals surface area contributed by atoms with E-state index in [1.54, 1.807) is 18.2 Å². The van der Waals surface area contributed by atoms with Crippen molar-refractivity contribution in [3.05, 3.63) is 59.2 Å². The Morgan fingerprint density at radius 3 is 2.48 bits per heavy atom. The van der Waals surface area contributed by atoms with E-state index < -0.39 is 11.8 Å². The quantitative estimate of drug-likeness (QED) is 0.848. The molecule has 0 bridgehead atoms. The first-order chi connectivity index (χ1) is 13.0. The highest BCUT2D eigenvalue weighted by atomic mass is 16.2. The Labute approximate surface area is 157 Å². The number of aryl methyl sites for hydroxylation is 1. The van der Waals surface area contributed by atoms with Crippen LogP contribution in [0.2, 0.25) is 0 Å². The van der Waals surface area contributed by atoms with Crippen molar-refractivity contribution in [2.24, 2.45) is 0 Å². The molecule has 0 spiro atoms. The highest BCUT2D eigenvalue weighted by Crippen LogP contribution is 2.29. The Kier molecular flexibility index (Phi) is 4.39. The van der Waals surface area contributed by atoms with E-state index in [4.69, 9.17) is 0 Å². The van der Waals surface area contributed by atoms with Crippen molar-refractivity contribution >= 4 is 29.1 Å². The summed E-state index contributed by atoms with van der Waals surface area (Å²) in [5.41, 5.74) is 3.31. The van der Waals surface area contributed by atoms with Gasteiger partial charge in [-0.15, -0.1) is 0 Å². The number of fused-ring (bicyclic) bond motifs is 1. The van der Waals surface area contributed by atoms with Gasteiger partial charge in [-0.2, -0.15) is 0 Å². The lowest BCUT2D eigenvalue weighted by Gasteiger charge is -2.22. The van der Waals surface area contributed by atoms with Gasteiger partial charge < -0.3 is 10.2 Å². The maximum absolute atomic E-state index is 12.6. The van der Waals surface area contributed by atoms with Gasteiger partial charge in [0.25, 0.3) is 11.8 Å². The third-order valence-corrected chi connectivity index (χ3v) is 5.05. The van der Waals surface area contributed by atoms with Gasteiger partial charge in [-0.25, -0.2) is 0 Å². The van der Waals surface area contributed by atoms with E-state index in [1.807, 2.05) is 31.2 Å². The number of anilines is 2. The summed E-state index contributed by atoms with van der Waals surface area (Å²) in [6.07, 6.45) is 2.27. The number of hydrogen-bond acceptors (Lipinski definition) is 4. The number of rotatable bonds is 4. The predicted octanol–water partition coefficient (Wildman–Crippen LogP) is 2.83. The van der Waals surface area contributed by atoms with E-state index in [1.165, 1.54) is 0 Å². The van der Waals surface area contributed by atoms with Gasteiger partial charge in [0.15, 0.2) is 0 Å². The molecule has 2 heterocycles. The van der Waals surface area contributed by atoms with E-state index >= 15 is 0 Å². The van der Waals surface area contributed by atoms with Crippen molar-refractivity contribution in [3.8, 4) is 0 Å². The van der Waals surface area contributed by atoms with E-state index in [0.717, 1.165) is 42.1 Å². The molecule has 4 rings (SSSR count). The fraction of sp³-hybridized carbons (Fsp3) is 0.286. The second-order valence-corrected chi connectivity index (χ2v) is 7.00. The smallest absolute Gasteiger partial charge is 0.262 e. The van der Waals surface area contributed by atoms with Crippen LogP contribution in [-0.2, 0) is 4.79 Å². The van der Waals surface area contributed by atoms with Crippen molar-refractivity contribution < 1.29 is 14.4 Å². The molecule has 138 valence electrons. The first-order valence-electron chi connectivity index (χ1n) is 9.15. The monoisotopic (exact) mass is 363 g/mol. The van der Waals surface area contributed by atoms with E-state index in [2.05, 4.69) is 10.2 Å². The van der Waals surface area contributed by atoms with Crippen molar-refractivity contribution in [2.75, 3.05) is 29.9 Å². The molecule has 3 amide bonds. The number of nitrogens with zero attached hydrogens (tertiary/aromatic N) is 2. The number of para-hydroxylation sites is 2. The maximum atomic E-state index is 12.6. The third-order valence-electron chi connectivity index (χ3n) is 5.05. The zero-order chi connectivity index (χ0) is 19.0. The Morgan fingerprint density at radius 2 is 1.70 bits per heavy atom. The Balaban J connectivity index is 1.50. The first-order valence-corrected chi connectivity index (χ1v) is 9.15. The minimum Gasteiger partial charge on any atom is -0.370 e. The normalized spacial score (nSPS) is 16.0. The lowest BCUT2D eigenvalue weighted by atomic mass is 10.1. The molecule has 2 aromatic carbocycles. The molecule has 27 heavy (non-hydrogen) atoms. The molecule has 0 saturated carbocycles. The van der Waals surface area contributed by atoms with Crippen LogP contribution >= 0.6 is 0 Å². The summed E-state index contributed by atoms with van der Waals surface area (Å²) in [6, 6.07) is 12.8. The van der Waals surface area contributed by atoms with Crippen LogP contribution in [0, 0.1) is 6.92 Å². The van der Waals surface area contributed by atoms with Crippen molar-refractivity contribution in [1.29, 1.82) is 0 Å². The molecule has 1 fully saturated rings. The van der Waals surface area contributed by atoms with Crippen molar-refractivity contribution in [2.45, 2.75) is 19.8 Å². The molecule has 0 aliphatic carbocycles. The average molecular weight is 363 g/mol. The second kappa shape index (κ2) is 6.87. The summed E-state index contributed by atoms with van der Waals surface area (Å²) in [7, 11) is 0. The first kappa shape index (κ1) is 17.3. The van der Waals surface area contributed by atoms with Crippen LogP contribution in [0.3, 0.4) is 0 Å². The lowest BCUT2D eigenvalue weighted by molar-refractivity contribution is -0.116. The number of benzene rings is 2. The summed E-state index contributed by atoms with van der Waals surface area (Å²) in [6.45, 7) is 3.50. The highest BCUT2D eigenvalue weighted by molar-refractivity contribution is 6.22. The van der Waals surface area contributed by atoms with Gasteiger partial charge in [-0.05, 0) is 44.0 Å². The molecule has 0 radical (unpaired) electrons. The fourth-order valence-electron chi connectivity index (χ4n) is 3.69. The zero-order valence-electron chi connectivity index (χ0n) is 15.2. The fourth-order valence-corrected chi connectivity index (χ4v) is 3.69. The summed E-state index contributed by atoms with van der Waals surface area (Å²) in [5, 5.41) is 2.87. The minimum absolute atomic E-state index is 0.292. The molecular formula is C21H21N3O3. The predicted molar refractivity (Wildman–Crippen MR) is 103 cm³/mol. The molecule has 2 aliphatic rings. The van der Waals surface area contributed by atoms with E-state index in [-0.39, 0.29) is 12.5 Å². The number of hydrogen-bond donors (Lipinski definition) is 1. The third kappa shape index (κ3) is 3.18. The van der Waals surface area contributed by atoms with Gasteiger partial charge in [0, 0.05) is 13.1 Å². The van der Waals surface area contributed by atoms with Crippen molar-refractivity contribution in [3.63, 3.8) is 0 Å². The van der Waals surface area contributed by atoms with Gasteiger partial charge >= 0.3 is 0 Å². The van der Waals surface area contributed by atoms with Gasteiger partial charge in [-0.1, -0.05) is 23.8 Å². The molecule has 6 nitrogen and oxygen atoms in total. The largest absolute Gasteiger partial charge is 0.370 e. The molecule has 1 saturated heterocycles. The number of carbonyl (C=O) groups excluding carboxylic acids is 3. The van der Waals surface area contributed by atoms with E-state index in [9.17, 15) is 14.4 Å². The van der Waals surface area contributed by atoms with Crippen LogP contribution in [0.1, 0.15) is 39.1 Å². The number of carbonyl (C=O) groups is 3. The summed E-state index contributed by atoms with van der Waals surface area (Å²) in [5.74, 6) is -1.22. The zero-order valence-corrected chi connectivity index (χ0v) is 15.2. The minimum atomic E-state index is -0.419. The van der Waals surface area contributed by atoms with Crippen LogP contribution in [0.25, 0.3) is 0 Å². The molecule has 0 unspecified atom stereocenters. The molecule has 2 aliphatic heterocycles. The standard InChI is InChI=1S/C21H21N3O3/c1-14-8-9-15-16(12-14)21(27)24(20(15)26)13-19(25)22-17-6-2-3-7-18(17)23-10-4-5-11-23/h2-3,6-9,12H,4-5,10-11,13H2,1H3,(H,22,25). The molecular weight excluding hydrogens is 342 g/mol. The highest BCUT2D eigenvalue weighted by Gasteiger charge is 2.36. The van der Waals surface area contributed by atoms with Gasteiger partial charge in [0.1, 0.15) is 6.54 Å². The summed E-state index contributed by atoms with van der Waals surface area (Å²) >= 11 is 0. The van der Waals surface area contributed by atoms with Crippen molar-refractivity contribution in [1.82, 2.24) is 4.90 Å². The van der Waals surface area contributed by atoms with Crippen LogP contribution < -0.4 is 10.2 Å². The van der Waals surface area contributed by atoms with Gasteiger partial charge in [0.2, 0.25) is 5.91 Å². The topological polar surface area (TPSA) is 69.7 Å². The SMILES string of the molecule is Cc1ccc2c(c1)C(=O)N(CC(=O)Nc1ccccc1N1CCCC1)C2=O. The molecule has 2 aromatic rings. The molecule has 1 N–H and O–H groups in total. The van der Waals surface area contributed by atoms with Crippen LogP contribution in [0.4, 0.5) is 11.4 Å². The molecule has 6 heteroatoms. The van der Waals surface area contributed by atoms with Crippen LogP contribution in [-0.4, -0.2) is 42.3 Å². The Bertz CT molecular complexity index is 932. The maximum Gasteiger partial charge on any atom is 0.262 e. The lowest BCUT2D eigenvalue weighted by Crippen LogP contribution is -2.37. The van der Waals surface area contributed by atoms with Crippen LogP contribution in [0.5, 0.6) is 0 Å². The van der Waals surface area contributed by atoms with Gasteiger partial charge in [0.05, 0.1) is 22.5 Å². The summed E-state index contributed by atoms with van der Waals surface area (Å²) < 4.78 is 0. The Morgan fingerprint density at radius 1 is 1.00 bits per heavy atom. The summed E-state index contributed by atoms with van der Waals surface area (Å²) in [4.78, 5) is 40.9. The van der Waals surface area contributed by atoms with Crippen LogP contribution in [0.15, 0.2) is 42.5 Å². The van der Waals surface area contributed by atoms with Gasteiger partial charge in [-0.3, -0.25) is 19.3 Å². The average Bonchev–Trinajstić information content (AvgIpc) is 3.26. The molecule has 0 atom stereocenters. The number of nitrogens with one attached hydrogen (secondary N) is 1. The molecule has 0 aromatic heterocycles. The Hall–Kier alpha value is -3.15. The number of amides is 3. The van der Waals surface area contributed by atoms with E-state index in [0.29, 0.717) is 16.8 Å². The number of imide groups is 1.